The number of carbonyl (C=O) groups is 2. The van der Waals surface area contributed by atoms with Gasteiger partial charge in [0.2, 0.25) is 0 Å². The van der Waals surface area contributed by atoms with Crippen LogP contribution in [0.5, 0.6) is 0 Å². The molecule has 0 bridgehead atoms. The molecule has 1 aliphatic rings. The number of carbonyl (C=O) groups excluding carboxylic acids is 1. The van der Waals surface area contributed by atoms with Crippen LogP contribution in [0.1, 0.15) is 27.4 Å². The van der Waals surface area contributed by atoms with Crippen molar-refractivity contribution in [1.29, 1.82) is 5.26 Å². The molecule has 2 atom stereocenters. The van der Waals surface area contributed by atoms with Gasteiger partial charge in [-0.15, -0.1) is 0 Å². The van der Waals surface area contributed by atoms with Crippen LogP contribution in [0.4, 0.5) is 0 Å². The maximum absolute atomic E-state index is 12.7. The monoisotopic (exact) mass is 334 g/mol. The molecule has 0 spiro atoms. The smallest absolute Gasteiger partial charge is 0.308 e. The maximum Gasteiger partial charge on any atom is 0.308 e. The third kappa shape index (κ3) is 3.53. The summed E-state index contributed by atoms with van der Waals surface area (Å²) in [5, 5.41) is 18.3. The summed E-state index contributed by atoms with van der Waals surface area (Å²) in [4.78, 5) is 26.0. The fourth-order valence-electron chi connectivity index (χ4n) is 3.30. The van der Waals surface area contributed by atoms with E-state index in [1.165, 1.54) is 0 Å². The van der Waals surface area contributed by atoms with E-state index in [0.29, 0.717) is 18.5 Å². The van der Waals surface area contributed by atoms with Gasteiger partial charge in [0.25, 0.3) is 5.91 Å². The molecule has 3 rings (SSSR count). The molecule has 1 heterocycles. The molecule has 1 saturated heterocycles. The number of nitriles is 1. The first-order valence-electron chi connectivity index (χ1n) is 8.13. The quantitative estimate of drug-likeness (QED) is 0.932. The second-order valence-corrected chi connectivity index (χ2v) is 6.20. The standard InChI is InChI=1S/C20H18N2O3/c21-11-10-14-6-8-16(9-7-14)19(23)22-12-17(18(13-22)20(24)25)15-4-2-1-3-5-15/h1-9,17-18H,10,12-13H2,(H,24,25)/t17-,18-/m1/s1. The first-order valence-corrected chi connectivity index (χ1v) is 8.13. The molecule has 1 aliphatic heterocycles. The number of carboxylic acid groups (broad SMARTS) is 1. The van der Waals surface area contributed by atoms with Gasteiger partial charge >= 0.3 is 5.97 Å². The van der Waals surface area contributed by atoms with Crippen molar-refractivity contribution in [3.8, 4) is 6.07 Å². The van der Waals surface area contributed by atoms with E-state index in [0.717, 1.165) is 11.1 Å². The van der Waals surface area contributed by atoms with Crippen LogP contribution in [0.15, 0.2) is 54.6 Å². The summed E-state index contributed by atoms with van der Waals surface area (Å²) in [6, 6.07) is 18.4. The molecule has 0 aliphatic carbocycles. The van der Waals surface area contributed by atoms with E-state index >= 15 is 0 Å². The molecule has 0 unspecified atom stereocenters. The van der Waals surface area contributed by atoms with Crippen molar-refractivity contribution in [1.82, 2.24) is 4.90 Å². The van der Waals surface area contributed by atoms with Crippen molar-refractivity contribution >= 4 is 11.9 Å². The Morgan fingerprint density at radius 2 is 1.76 bits per heavy atom. The molecule has 1 fully saturated rings. The lowest BCUT2D eigenvalue weighted by Crippen LogP contribution is -2.29. The first-order chi connectivity index (χ1) is 12.1. The molecule has 5 heteroatoms. The largest absolute Gasteiger partial charge is 0.481 e. The Morgan fingerprint density at radius 3 is 2.36 bits per heavy atom. The lowest BCUT2D eigenvalue weighted by Gasteiger charge is -2.16. The Labute approximate surface area is 146 Å². The Balaban J connectivity index is 1.80. The SMILES string of the molecule is N#CCc1ccc(C(=O)N2C[C@H](c3ccccc3)[C@H](C(=O)O)C2)cc1. The van der Waals surface area contributed by atoms with Crippen LogP contribution in [-0.2, 0) is 11.2 Å². The van der Waals surface area contributed by atoms with E-state index in [-0.39, 0.29) is 18.4 Å². The molecular weight excluding hydrogens is 316 g/mol. The fraction of sp³-hybridized carbons (Fsp3) is 0.250. The van der Waals surface area contributed by atoms with E-state index in [1.807, 2.05) is 30.3 Å². The second kappa shape index (κ2) is 7.18. The Hall–Kier alpha value is -3.13. The number of rotatable bonds is 4. The number of hydrogen-bond donors (Lipinski definition) is 1. The molecule has 1 N–H and O–H groups in total. The average Bonchev–Trinajstić information content (AvgIpc) is 3.08. The maximum atomic E-state index is 12.7. The van der Waals surface area contributed by atoms with Crippen molar-refractivity contribution in [2.24, 2.45) is 5.92 Å². The van der Waals surface area contributed by atoms with Crippen molar-refractivity contribution < 1.29 is 14.7 Å². The predicted molar refractivity (Wildman–Crippen MR) is 92.0 cm³/mol. The highest BCUT2D eigenvalue weighted by atomic mass is 16.4. The summed E-state index contributed by atoms with van der Waals surface area (Å²) in [6.07, 6.45) is 0.301. The lowest BCUT2D eigenvalue weighted by molar-refractivity contribution is -0.141. The van der Waals surface area contributed by atoms with Gasteiger partial charge in [-0.25, -0.2) is 0 Å². The van der Waals surface area contributed by atoms with E-state index < -0.39 is 11.9 Å². The zero-order valence-corrected chi connectivity index (χ0v) is 13.6. The van der Waals surface area contributed by atoms with Crippen molar-refractivity contribution in [2.75, 3.05) is 13.1 Å². The fourth-order valence-corrected chi connectivity index (χ4v) is 3.30. The summed E-state index contributed by atoms with van der Waals surface area (Å²) in [5.74, 6) is -1.87. The van der Waals surface area contributed by atoms with Crippen molar-refractivity contribution in [3.63, 3.8) is 0 Å². The first kappa shape index (κ1) is 16.7. The van der Waals surface area contributed by atoms with Gasteiger partial charge in [-0.1, -0.05) is 42.5 Å². The van der Waals surface area contributed by atoms with Crippen LogP contribution in [0, 0.1) is 17.2 Å². The van der Waals surface area contributed by atoms with Crippen molar-refractivity contribution in [2.45, 2.75) is 12.3 Å². The Kier molecular flexibility index (Phi) is 4.80. The summed E-state index contributed by atoms with van der Waals surface area (Å²) in [7, 11) is 0. The molecule has 0 aromatic heterocycles. The Bertz CT molecular complexity index is 809. The molecule has 0 radical (unpaired) electrons. The molecular formula is C20H18N2O3. The highest BCUT2D eigenvalue weighted by Gasteiger charge is 2.40. The van der Waals surface area contributed by atoms with E-state index in [2.05, 4.69) is 6.07 Å². The molecule has 25 heavy (non-hydrogen) atoms. The van der Waals surface area contributed by atoms with Gasteiger partial charge in [-0.2, -0.15) is 5.26 Å². The normalized spacial score (nSPS) is 19.4. The van der Waals surface area contributed by atoms with Crippen LogP contribution in [0.25, 0.3) is 0 Å². The van der Waals surface area contributed by atoms with Gasteiger partial charge in [0.05, 0.1) is 18.4 Å². The molecule has 1 amide bonds. The zero-order valence-electron chi connectivity index (χ0n) is 13.6. The number of benzene rings is 2. The van der Waals surface area contributed by atoms with E-state index in [9.17, 15) is 14.7 Å². The average molecular weight is 334 g/mol. The number of aliphatic carboxylic acids is 1. The number of likely N-dealkylation sites (tertiary alicyclic amines) is 1. The summed E-state index contributed by atoms with van der Waals surface area (Å²) in [5.41, 5.74) is 2.31. The van der Waals surface area contributed by atoms with Gasteiger partial charge in [0.1, 0.15) is 0 Å². The molecule has 126 valence electrons. The van der Waals surface area contributed by atoms with E-state index in [1.54, 1.807) is 29.2 Å². The summed E-state index contributed by atoms with van der Waals surface area (Å²) < 4.78 is 0. The minimum Gasteiger partial charge on any atom is -0.481 e. The van der Waals surface area contributed by atoms with Gasteiger partial charge < -0.3 is 10.0 Å². The molecule has 2 aromatic rings. The van der Waals surface area contributed by atoms with Crippen LogP contribution in [0.3, 0.4) is 0 Å². The molecule has 5 nitrogen and oxygen atoms in total. The van der Waals surface area contributed by atoms with Crippen LogP contribution < -0.4 is 0 Å². The van der Waals surface area contributed by atoms with Crippen LogP contribution in [-0.4, -0.2) is 35.0 Å². The topological polar surface area (TPSA) is 81.4 Å². The number of carboxylic acids is 1. The van der Waals surface area contributed by atoms with Crippen molar-refractivity contribution in [3.05, 3.63) is 71.3 Å². The third-order valence-electron chi connectivity index (χ3n) is 4.64. The molecule has 0 saturated carbocycles. The zero-order chi connectivity index (χ0) is 17.8. The number of hydrogen-bond acceptors (Lipinski definition) is 3. The van der Waals surface area contributed by atoms with Gasteiger partial charge in [0.15, 0.2) is 0 Å². The van der Waals surface area contributed by atoms with Gasteiger partial charge in [-0.3, -0.25) is 9.59 Å². The second-order valence-electron chi connectivity index (χ2n) is 6.20. The van der Waals surface area contributed by atoms with Gasteiger partial charge in [0, 0.05) is 24.6 Å². The number of amides is 1. The highest BCUT2D eigenvalue weighted by molar-refractivity contribution is 5.95. The highest BCUT2D eigenvalue weighted by Crippen LogP contribution is 2.33. The molecule has 2 aromatic carbocycles. The predicted octanol–water partition coefficient (Wildman–Crippen LogP) is 2.69. The van der Waals surface area contributed by atoms with Crippen LogP contribution >= 0.6 is 0 Å². The number of nitrogens with zero attached hydrogens (tertiary/aromatic N) is 2. The van der Waals surface area contributed by atoms with Gasteiger partial charge in [-0.05, 0) is 23.3 Å². The minimum absolute atomic E-state index is 0.173. The minimum atomic E-state index is -0.881. The summed E-state index contributed by atoms with van der Waals surface area (Å²) >= 11 is 0. The lowest BCUT2D eigenvalue weighted by atomic mass is 9.89. The third-order valence-corrected chi connectivity index (χ3v) is 4.64. The Morgan fingerprint density at radius 1 is 1.08 bits per heavy atom. The van der Waals surface area contributed by atoms with Crippen LogP contribution in [0.2, 0.25) is 0 Å². The summed E-state index contributed by atoms with van der Waals surface area (Å²) in [6.45, 7) is 0.591. The van der Waals surface area contributed by atoms with E-state index in [4.69, 9.17) is 5.26 Å².